The van der Waals surface area contributed by atoms with Crippen LogP contribution in [0.1, 0.15) is 48.7 Å². The molecule has 1 aliphatic heterocycles. The summed E-state index contributed by atoms with van der Waals surface area (Å²) in [5.74, 6) is 1.02. The minimum atomic E-state index is 0.0815. The van der Waals surface area contributed by atoms with E-state index < -0.39 is 0 Å². The number of likely N-dealkylation sites (tertiary alicyclic amines) is 1. The lowest BCUT2D eigenvalue weighted by Gasteiger charge is -2.23. The van der Waals surface area contributed by atoms with Crippen molar-refractivity contribution in [3.63, 3.8) is 0 Å². The highest BCUT2D eigenvalue weighted by Gasteiger charge is 2.31. The Bertz CT molecular complexity index is 880. The van der Waals surface area contributed by atoms with Crippen LogP contribution in [0.5, 0.6) is 0 Å². The minimum absolute atomic E-state index is 0.0815. The topological polar surface area (TPSA) is 62.1 Å². The van der Waals surface area contributed by atoms with Crippen molar-refractivity contribution in [2.45, 2.75) is 45.1 Å². The number of carbonyl (C=O) groups excluding carboxylic acids is 1. The first kappa shape index (κ1) is 15.9. The van der Waals surface area contributed by atoms with Gasteiger partial charge in [-0.05, 0) is 44.2 Å². The number of hydrogen-bond acceptors (Lipinski definition) is 3. The summed E-state index contributed by atoms with van der Waals surface area (Å²) in [7, 11) is 0. The number of rotatable bonds is 5. The average molecular weight is 337 g/mol. The Morgan fingerprint density at radius 2 is 2.28 bits per heavy atom. The molecule has 0 bridgehead atoms. The van der Waals surface area contributed by atoms with Crippen LogP contribution < -0.4 is 0 Å². The van der Waals surface area contributed by atoms with Crippen molar-refractivity contribution in [2.75, 3.05) is 6.54 Å². The van der Waals surface area contributed by atoms with Crippen molar-refractivity contribution in [3.05, 3.63) is 53.5 Å². The van der Waals surface area contributed by atoms with Gasteiger partial charge in [0.2, 0.25) is 5.91 Å². The van der Waals surface area contributed by atoms with E-state index in [1.165, 1.54) is 10.9 Å². The van der Waals surface area contributed by atoms with Crippen LogP contribution in [0, 0.1) is 6.92 Å². The second kappa shape index (κ2) is 6.75. The van der Waals surface area contributed by atoms with Crippen LogP contribution in [-0.4, -0.2) is 27.5 Å². The standard InChI is InChI=1S/C20H23N3O2/c1-14-12-18(22-25-14)19-9-5-11-23(19)20(24)10-4-6-15-13-21-17-8-3-2-7-16(15)17/h2-3,7-8,12-13,19,21H,4-6,9-11H2,1H3/t19-/m0/s1. The maximum Gasteiger partial charge on any atom is 0.223 e. The van der Waals surface area contributed by atoms with E-state index >= 15 is 0 Å². The fourth-order valence-corrected chi connectivity index (χ4v) is 3.83. The molecule has 25 heavy (non-hydrogen) atoms. The van der Waals surface area contributed by atoms with E-state index in [9.17, 15) is 4.79 Å². The van der Waals surface area contributed by atoms with Crippen molar-refractivity contribution < 1.29 is 9.32 Å². The fraction of sp³-hybridized carbons (Fsp3) is 0.400. The minimum Gasteiger partial charge on any atom is -0.361 e. The van der Waals surface area contributed by atoms with E-state index in [1.807, 2.05) is 24.0 Å². The maximum absolute atomic E-state index is 12.7. The number of carbonyl (C=O) groups is 1. The number of benzene rings is 1. The average Bonchev–Trinajstić information content (AvgIpc) is 3.34. The lowest BCUT2D eigenvalue weighted by molar-refractivity contribution is -0.132. The summed E-state index contributed by atoms with van der Waals surface area (Å²) in [5.41, 5.74) is 3.33. The highest BCUT2D eigenvalue weighted by atomic mass is 16.5. The van der Waals surface area contributed by atoms with Gasteiger partial charge in [0, 0.05) is 36.1 Å². The smallest absolute Gasteiger partial charge is 0.223 e. The number of hydrogen-bond donors (Lipinski definition) is 1. The Labute approximate surface area is 147 Å². The third kappa shape index (κ3) is 3.18. The Kier molecular flexibility index (Phi) is 4.30. The van der Waals surface area contributed by atoms with Gasteiger partial charge in [0.1, 0.15) is 11.5 Å². The van der Waals surface area contributed by atoms with Crippen LogP contribution in [-0.2, 0) is 11.2 Å². The zero-order chi connectivity index (χ0) is 17.2. The molecule has 0 spiro atoms. The number of fused-ring (bicyclic) bond motifs is 1. The van der Waals surface area contributed by atoms with Crippen LogP contribution in [0.15, 0.2) is 41.1 Å². The second-order valence-electron chi connectivity index (χ2n) is 6.82. The second-order valence-corrected chi connectivity index (χ2v) is 6.82. The fourth-order valence-electron chi connectivity index (χ4n) is 3.83. The molecule has 0 saturated carbocycles. The van der Waals surface area contributed by atoms with Gasteiger partial charge in [-0.3, -0.25) is 4.79 Å². The van der Waals surface area contributed by atoms with Crippen LogP contribution in [0.4, 0.5) is 0 Å². The van der Waals surface area contributed by atoms with Gasteiger partial charge in [0.15, 0.2) is 0 Å². The van der Waals surface area contributed by atoms with Crippen LogP contribution in [0.3, 0.4) is 0 Å². The number of nitrogens with one attached hydrogen (secondary N) is 1. The summed E-state index contributed by atoms with van der Waals surface area (Å²) in [4.78, 5) is 18.0. The molecule has 5 nitrogen and oxygen atoms in total. The number of aryl methyl sites for hydroxylation is 2. The van der Waals surface area contributed by atoms with Gasteiger partial charge in [0.25, 0.3) is 0 Å². The number of H-pyrrole nitrogens is 1. The molecule has 3 heterocycles. The first-order chi connectivity index (χ1) is 12.2. The van der Waals surface area contributed by atoms with E-state index in [2.05, 4.69) is 34.5 Å². The summed E-state index contributed by atoms with van der Waals surface area (Å²) < 4.78 is 5.18. The Balaban J connectivity index is 1.37. The summed E-state index contributed by atoms with van der Waals surface area (Å²) in [5, 5.41) is 5.37. The molecule has 1 aliphatic rings. The maximum atomic E-state index is 12.7. The number of nitrogens with zero attached hydrogens (tertiary/aromatic N) is 2. The Hall–Kier alpha value is -2.56. The molecule has 5 heteroatoms. The molecular formula is C20H23N3O2. The lowest BCUT2D eigenvalue weighted by Crippen LogP contribution is -2.30. The van der Waals surface area contributed by atoms with Crippen molar-refractivity contribution in [2.24, 2.45) is 0 Å². The van der Waals surface area contributed by atoms with E-state index in [4.69, 9.17) is 4.52 Å². The highest BCUT2D eigenvalue weighted by Crippen LogP contribution is 2.32. The van der Waals surface area contributed by atoms with E-state index in [0.717, 1.165) is 49.2 Å². The van der Waals surface area contributed by atoms with Gasteiger partial charge < -0.3 is 14.4 Å². The van der Waals surface area contributed by atoms with Crippen LogP contribution in [0.25, 0.3) is 10.9 Å². The van der Waals surface area contributed by atoms with Crippen molar-refractivity contribution in [3.8, 4) is 0 Å². The molecule has 4 rings (SSSR count). The van der Waals surface area contributed by atoms with E-state index in [-0.39, 0.29) is 11.9 Å². The molecular weight excluding hydrogens is 314 g/mol. The van der Waals surface area contributed by atoms with Gasteiger partial charge in [-0.25, -0.2) is 0 Å². The zero-order valence-electron chi connectivity index (χ0n) is 14.5. The first-order valence-electron chi connectivity index (χ1n) is 9.00. The SMILES string of the molecule is Cc1cc([C@@H]2CCCN2C(=O)CCCc2c[nH]c3ccccc23)no1. The molecule has 3 aromatic rings. The Morgan fingerprint density at radius 1 is 1.40 bits per heavy atom. The monoisotopic (exact) mass is 337 g/mol. The quantitative estimate of drug-likeness (QED) is 0.761. The summed E-state index contributed by atoms with van der Waals surface area (Å²) >= 11 is 0. The third-order valence-electron chi connectivity index (χ3n) is 5.07. The normalized spacial score (nSPS) is 17.5. The van der Waals surface area contributed by atoms with Gasteiger partial charge in [-0.1, -0.05) is 23.4 Å². The highest BCUT2D eigenvalue weighted by molar-refractivity contribution is 5.83. The largest absolute Gasteiger partial charge is 0.361 e. The molecule has 1 aromatic carbocycles. The number of aromatic amines is 1. The summed E-state index contributed by atoms with van der Waals surface area (Å²) in [6, 6.07) is 10.3. The number of aromatic nitrogens is 2. The molecule has 1 N–H and O–H groups in total. The summed E-state index contributed by atoms with van der Waals surface area (Å²) in [6.07, 6.45) is 6.42. The molecule has 130 valence electrons. The predicted molar refractivity (Wildman–Crippen MR) is 96.2 cm³/mol. The van der Waals surface area contributed by atoms with Crippen molar-refractivity contribution in [1.82, 2.24) is 15.0 Å². The molecule has 2 aromatic heterocycles. The van der Waals surface area contributed by atoms with Gasteiger partial charge in [-0.15, -0.1) is 0 Å². The molecule has 1 saturated heterocycles. The predicted octanol–water partition coefficient (Wildman–Crippen LogP) is 4.15. The van der Waals surface area contributed by atoms with Gasteiger partial charge in [0.05, 0.1) is 6.04 Å². The zero-order valence-corrected chi connectivity index (χ0v) is 14.5. The lowest BCUT2D eigenvalue weighted by atomic mass is 10.1. The third-order valence-corrected chi connectivity index (χ3v) is 5.07. The molecule has 0 aliphatic carbocycles. The number of para-hydroxylation sites is 1. The molecule has 1 atom stereocenters. The molecule has 0 radical (unpaired) electrons. The van der Waals surface area contributed by atoms with E-state index in [1.54, 1.807) is 0 Å². The summed E-state index contributed by atoms with van der Waals surface area (Å²) in [6.45, 7) is 2.71. The van der Waals surface area contributed by atoms with Gasteiger partial charge >= 0.3 is 0 Å². The Morgan fingerprint density at radius 3 is 3.12 bits per heavy atom. The number of amides is 1. The van der Waals surface area contributed by atoms with Crippen LogP contribution in [0.2, 0.25) is 0 Å². The van der Waals surface area contributed by atoms with Crippen molar-refractivity contribution >= 4 is 16.8 Å². The molecule has 0 unspecified atom stereocenters. The van der Waals surface area contributed by atoms with E-state index in [0.29, 0.717) is 6.42 Å². The van der Waals surface area contributed by atoms with Crippen LogP contribution >= 0.6 is 0 Å². The van der Waals surface area contributed by atoms with Crippen molar-refractivity contribution in [1.29, 1.82) is 0 Å². The molecule has 1 amide bonds. The van der Waals surface area contributed by atoms with Gasteiger partial charge in [-0.2, -0.15) is 0 Å². The molecule has 1 fully saturated rings. The first-order valence-corrected chi connectivity index (χ1v) is 9.00.